The molecule has 23 nitrogen and oxygen atoms in total. The van der Waals surface area contributed by atoms with Crippen molar-refractivity contribution in [1.82, 2.24) is 15.6 Å². The van der Waals surface area contributed by atoms with Crippen LogP contribution in [0, 0.1) is 35.5 Å². The lowest BCUT2D eigenvalue weighted by Gasteiger charge is -2.57. The Labute approximate surface area is 472 Å². The molecule has 2 aromatic heterocycles. The Morgan fingerprint density at radius 1 is 0.892 bits per heavy atom. The van der Waals surface area contributed by atoms with Crippen molar-refractivity contribution in [2.45, 2.75) is 161 Å². The molecule has 6 bridgehead atoms. The van der Waals surface area contributed by atoms with Gasteiger partial charge in [0, 0.05) is 89.0 Å². The largest absolute Gasteiger partial charge is 0.507 e. The zero-order valence-corrected chi connectivity index (χ0v) is 44.4. The number of benzene rings is 2. The maximum absolute atomic E-state index is 15.5. The number of carboxylic acids is 1. The van der Waals surface area contributed by atoms with Gasteiger partial charge in [0.25, 0.3) is 11.4 Å². The fourth-order valence-corrected chi connectivity index (χ4v) is 14.2. The van der Waals surface area contributed by atoms with E-state index in [1.165, 1.54) is 12.1 Å². The van der Waals surface area contributed by atoms with Crippen LogP contribution in [0.5, 0.6) is 23.0 Å². The number of allylic oxidation sites excluding steroid dienone is 4. The fourth-order valence-electron chi connectivity index (χ4n) is 14.2. The average Bonchev–Trinajstić information content (AvgIpc) is 1.92. The van der Waals surface area contributed by atoms with E-state index < -0.39 is 119 Å². The number of carbonyl (C=O) groups is 2. The van der Waals surface area contributed by atoms with Gasteiger partial charge >= 0.3 is 11.9 Å². The summed E-state index contributed by atoms with van der Waals surface area (Å²) in [5, 5.41) is 146. The second kappa shape index (κ2) is 19.7. The number of H-pyrrole nitrogens is 1. The number of nitrogens with one attached hydrogen (secondary N) is 3. The summed E-state index contributed by atoms with van der Waals surface area (Å²) >= 11 is 0. The lowest BCUT2D eigenvalue weighted by Crippen LogP contribution is -2.80. The number of hydrogen-bond donors (Lipinski definition) is 15. The number of esters is 1. The lowest BCUT2D eigenvalue weighted by atomic mass is 9.67. The number of aromatic hydroxyl groups is 3. The highest BCUT2D eigenvalue weighted by atomic mass is 16.8. The number of aromatic nitrogens is 1. The lowest BCUT2D eigenvalue weighted by molar-refractivity contribution is -0.399. The molecule has 2 aromatic carbocycles. The van der Waals surface area contributed by atoms with Crippen LogP contribution in [0.15, 0.2) is 80.3 Å². The number of carbonyl (C=O) groups excluding carboxylic acids is 1. The summed E-state index contributed by atoms with van der Waals surface area (Å²) < 4.78 is 31.7. The number of aromatic amines is 1. The minimum absolute atomic E-state index is 0.0683. The van der Waals surface area contributed by atoms with Gasteiger partial charge in [0.15, 0.2) is 23.0 Å². The first kappa shape index (κ1) is 55.0. The van der Waals surface area contributed by atoms with E-state index >= 15 is 4.79 Å². The number of fused-ring (bicyclic) bond motifs is 10. The van der Waals surface area contributed by atoms with Gasteiger partial charge in [0.1, 0.15) is 52.1 Å². The van der Waals surface area contributed by atoms with Gasteiger partial charge in [0.05, 0.1) is 12.6 Å². The molecule has 15 N–H and O–H groups in total. The van der Waals surface area contributed by atoms with Crippen LogP contribution < -0.4 is 20.8 Å². The minimum Gasteiger partial charge on any atom is -0.507 e. The van der Waals surface area contributed by atoms with E-state index in [0.29, 0.717) is 23.3 Å². The summed E-state index contributed by atoms with van der Waals surface area (Å²) in [4.78, 5) is 46.6. The van der Waals surface area contributed by atoms with Crippen molar-refractivity contribution < 1.29 is 94.2 Å². The van der Waals surface area contributed by atoms with Crippen LogP contribution in [-0.2, 0) is 36.6 Å². The number of aliphatic hydroxyl groups is 8. The maximum atomic E-state index is 15.5. The maximum Gasteiger partial charge on any atom is 0.354 e. The number of phenolic OH excluding ortho intramolecular Hbond substituents is 3. The average molecular weight is 1140 g/mol. The van der Waals surface area contributed by atoms with Crippen molar-refractivity contribution in [1.29, 1.82) is 0 Å². The first-order valence-corrected chi connectivity index (χ1v) is 27.9. The highest BCUT2D eigenvalue weighted by Gasteiger charge is 2.76. The second-order valence-corrected chi connectivity index (χ2v) is 23.4. The van der Waals surface area contributed by atoms with Gasteiger partial charge in [0.2, 0.25) is 17.7 Å². The summed E-state index contributed by atoms with van der Waals surface area (Å²) in [7, 11) is 0. The summed E-state index contributed by atoms with van der Waals surface area (Å²) in [6, 6.07) is 6.70. The zero-order chi connectivity index (χ0) is 58.3. The van der Waals surface area contributed by atoms with Crippen LogP contribution >= 0.6 is 0 Å². The van der Waals surface area contributed by atoms with Crippen LogP contribution in [0.4, 0.5) is 0 Å². The molecule has 0 amide bonds. The Morgan fingerprint density at radius 3 is 2.46 bits per heavy atom. The first-order chi connectivity index (χ1) is 39.6. The van der Waals surface area contributed by atoms with Crippen LogP contribution in [-0.4, -0.2) is 156 Å². The Bertz CT molecular complexity index is 3700. The van der Waals surface area contributed by atoms with Crippen molar-refractivity contribution in [2.75, 3.05) is 6.61 Å². The molecule has 3 aliphatic carbocycles. The van der Waals surface area contributed by atoms with Gasteiger partial charge in [-0.1, -0.05) is 62.0 Å². The third-order valence-corrected chi connectivity index (χ3v) is 18.7. The number of aliphatic carboxylic acids is 1. The minimum atomic E-state index is -3.90. The molecule has 4 aromatic rings. The molecule has 9 heterocycles. The number of ether oxygens (including phenoxy) is 4. The molecule has 0 radical (unpaired) electrons. The summed E-state index contributed by atoms with van der Waals surface area (Å²) in [5.41, 5.74) is -7.96. The van der Waals surface area contributed by atoms with E-state index in [-0.39, 0.29) is 81.6 Å². The van der Waals surface area contributed by atoms with Crippen LogP contribution in [0.1, 0.15) is 98.9 Å². The molecule has 7 aliphatic heterocycles. The number of rotatable bonds is 7. The van der Waals surface area contributed by atoms with Crippen LogP contribution in [0.3, 0.4) is 0 Å². The number of dihydropyridines is 1. The fraction of sp³-hybridized carbons (Fsp3) is 0.483. The molecule has 2 saturated carbocycles. The third-order valence-electron chi connectivity index (χ3n) is 18.7. The van der Waals surface area contributed by atoms with Crippen LogP contribution in [0.2, 0.25) is 0 Å². The molecule has 2 spiro atoms. The highest BCUT2D eigenvalue weighted by molar-refractivity contribution is 5.90. The standard InChI is InChI=1S/C60H61N3O20/c64-17-12-30-19-31(21-40(66)46(30)67)41-25-39(65)45-42(79-41)26-43-44(47(45)68)36(35-24-34-29-8-3-10-33(20-29)62-52(34)63-38(35)18-27-6-1-2-7-27)22-32-23-37-28(11-16-61-37)9-4-13-56(76)50(71)51(72)59(32,81-43)83-58(56)15-5-14-57(54(73)74)60(77,78)49(70)48(69)53(82-57)80-55(58)75/h11,16,19,21-22,24-27,29,33,36,48-53,61-64,66-72,76-78H,1-3,6-8,10,12-13,15,17-18,20,23H2,(H,73,74)/t29-,33+,36-,48+,49+,50+,51+,52?,53-,56-,57+,58+,59-/m0/s1. The Kier molecular flexibility index (Phi) is 13.0. The van der Waals surface area contributed by atoms with E-state index in [0.717, 1.165) is 74.8 Å². The van der Waals surface area contributed by atoms with Gasteiger partial charge in [-0.25, -0.2) is 9.59 Å². The third kappa shape index (κ3) is 8.20. The van der Waals surface area contributed by atoms with Crippen molar-refractivity contribution in [3.05, 3.63) is 104 Å². The predicted molar refractivity (Wildman–Crippen MR) is 285 cm³/mol. The van der Waals surface area contributed by atoms with Gasteiger partial charge in [-0.3, -0.25) is 10.1 Å². The molecule has 23 heteroatoms. The molecule has 10 aliphatic rings. The number of piperidine rings is 1. The molecule has 13 atom stereocenters. The second-order valence-electron chi connectivity index (χ2n) is 23.4. The van der Waals surface area contributed by atoms with Gasteiger partial charge in [-0.15, -0.1) is 0 Å². The number of hydrogen-bond acceptors (Lipinski definition) is 21. The first-order valence-electron chi connectivity index (χ1n) is 27.9. The van der Waals surface area contributed by atoms with Gasteiger partial charge in [-0.2, -0.15) is 0 Å². The van der Waals surface area contributed by atoms with Crippen molar-refractivity contribution >= 4 is 22.9 Å². The quantitative estimate of drug-likeness (QED) is 0.0406. The Balaban J connectivity index is 1.10. The number of carboxylic acid groups (broad SMARTS) is 1. The number of phenols is 3. The summed E-state index contributed by atoms with van der Waals surface area (Å²) in [5.74, 6) is -3.87. The molecule has 83 heavy (non-hydrogen) atoms. The van der Waals surface area contributed by atoms with Gasteiger partial charge < -0.3 is 94.9 Å². The summed E-state index contributed by atoms with van der Waals surface area (Å²) in [6.45, 7) is -0.421. The summed E-state index contributed by atoms with van der Waals surface area (Å²) in [6.07, 6.45) is -2.58. The molecular formula is C60H61N3O20. The smallest absolute Gasteiger partial charge is 0.354 e. The molecular weight excluding hydrogens is 1080 g/mol. The molecule has 5 fully saturated rings. The zero-order valence-electron chi connectivity index (χ0n) is 44.4. The van der Waals surface area contributed by atoms with E-state index in [2.05, 4.69) is 45.4 Å². The monoisotopic (exact) mass is 1140 g/mol. The van der Waals surface area contributed by atoms with E-state index in [1.54, 1.807) is 18.3 Å². The van der Waals surface area contributed by atoms with E-state index in [1.807, 2.05) is 0 Å². The van der Waals surface area contributed by atoms with Gasteiger partial charge in [-0.05, 0) is 79.2 Å². The number of aliphatic hydroxyl groups excluding tert-OH is 5. The molecule has 14 rings (SSSR count). The molecule has 3 saturated heterocycles. The highest BCUT2D eigenvalue weighted by Crippen LogP contribution is 2.58. The SMILES string of the molecule is O=C(O)[C@@]12C#CC[C@@]3(O[C@@]45Oc6cc7oc(-c8cc(O)c(O)c(CCO)c8)cc(=O)c7c(O)c6[C@H](C6=C(CC7CCCC7)NC7N[C@@H]8CCC[C@@H](C8)C7=C6)C=C4Cc4[nH]ccc4C#CC[C@]3(O)[C@H](O)[C@H]5O)C(=O)O[C@@H](O1)[C@H](O)[C@@H](O)C2(O)O. The molecule has 436 valence electrons. The van der Waals surface area contributed by atoms with E-state index in [9.17, 15) is 70.9 Å². The Morgan fingerprint density at radius 2 is 1.69 bits per heavy atom. The van der Waals surface area contributed by atoms with E-state index in [4.69, 9.17) is 23.4 Å². The van der Waals surface area contributed by atoms with Crippen molar-refractivity contribution in [3.8, 4) is 58.0 Å². The van der Waals surface area contributed by atoms with Crippen LogP contribution in [0.25, 0.3) is 22.3 Å². The topological polar surface area (TPSA) is 384 Å². The normalized spacial score (nSPS) is 35.0. The van der Waals surface area contributed by atoms with Crippen molar-refractivity contribution in [3.63, 3.8) is 0 Å². The Hall–Kier alpha value is -7.23. The molecule has 1 unspecified atom stereocenters. The van der Waals surface area contributed by atoms with Crippen molar-refractivity contribution in [2.24, 2.45) is 11.8 Å². The predicted octanol–water partition coefficient (Wildman–Crippen LogP) is 1.14.